The molecular formula is C7H4BrFN2. The number of pyridine rings is 1. The van der Waals surface area contributed by atoms with Gasteiger partial charge in [-0.3, -0.25) is 0 Å². The zero-order valence-corrected chi connectivity index (χ0v) is 7.31. The second kappa shape index (κ2) is 2.97. The molecular weight excluding hydrogens is 211 g/mol. The maximum Gasteiger partial charge on any atom is 0.173 e. The molecule has 1 rings (SSSR count). The molecule has 56 valence electrons. The van der Waals surface area contributed by atoms with Crippen LogP contribution in [-0.4, -0.2) is 4.98 Å². The van der Waals surface area contributed by atoms with Gasteiger partial charge in [0.1, 0.15) is 10.7 Å². The van der Waals surface area contributed by atoms with Crippen LogP contribution in [0.4, 0.5) is 4.39 Å². The molecule has 0 radical (unpaired) electrons. The lowest BCUT2D eigenvalue weighted by Crippen LogP contribution is -1.91. The molecule has 0 aliphatic carbocycles. The number of nitriles is 1. The van der Waals surface area contributed by atoms with Gasteiger partial charge < -0.3 is 0 Å². The topological polar surface area (TPSA) is 36.7 Å². The molecule has 0 unspecified atom stereocenters. The molecule has 0 aliphatic heterocycles. The highest BCUT2D eigenvalue weighted by molar-refractivity contribution is 9.10. The number of halogens is 2. The predicted molar refractivity (Wildman–Crippen MR) is 41.3 cm³/mol. The molecule has 1 aromatic rings. The van der Waals surface area contributed by atoms with Gasteiger partial charge in [-0.05, 0) is 28.9 Å². The minimum absolute atomic E-state index is 0.0179. The van der Waals surface area contributed by atoms with E-state index in [0.29, 0.717) is 5.69 Å². The molecule has 2 nitrogen and oxygen atoms in total. The standard InChI is InChI=1S/C7H4BrFN2/c1-4-2-5(3-10)6(9)7(8)11-4/h2H,1H3. The van der Waals surface area contributed by atoms with Crippen molar-refractivity contribution in [3.8, 4) is 6.07 Å². The van der Waals surface area contributed by atoms with E-state index >= 15 is 0 Å². The van der Waals surface area contributed by atoms with E-state index in [2.05, 4.69) is 20.9 Å². The predicted octanol–water partition coefficient (Wildman–Crippen LogP) is 2.16. The van der Waals surface area contributed by atoms with E-state index in [1.165, 1.54) is 6.07 Å². The summed E-state index contributed by atoms with van der Waals surface area (Å²) in [5.41, 5.74) is 0.638. The van der Waals surface area contributed by atoms with Gasteiger partial charge in [0.25, 0.3) is 0 Å². The van der Waals surface area contributed by atoms with Crippen molar-refractivity contribution in [2.24, 2.45) is 0 Å². The van der Waals surface area contributed by atoms with Crippen LogP contribution in [-0.2, 0) is 0 Å². The van der Waals surface area contributed by atoms with Crippen molar-refractivity contribution in [3.05, 3.63) is 27.7 Å². The monoisotopic (exact) mass is 214 g/mol. The quantitative estimate of drug-likeness (QED) is 0.621. The highest BCUT2D eigenvalue weighted by atomic mass is 79.9. The van der Waals surface area contributed by atoms with Gasteiger partial charge in [0.2, 0.25) is 0 Å². The third-order valence-electron chi connectivity index (χ3n) is 1.17. The first-order valence-corrected chi connectivity index (χ1v) is 3.67. The van der Waals surface area contributed by atoms with Crippen LogP contribution >= 0.6 is 15.9 Å². The fourth-order valence-corrected chi connectivity index (χ4v) is 1.19. The Bertz CT molecular complexity index is 330. The minimum atomic E-state index is -0.599. The van der Waals surface area contributed by atoms with Crippen LogP contribution in [0.2, 0.25) is 0 Å². The maximum absolute atomic E-state index is 12.9. The lowest BCUT2D eigenvalue weighted by molar-refractivity contribution is 0.607. The van der Waals surface area contributed by atoms with Gasteiger partial charge in [-0.1, -0.05) is 0 Å². The minimum Gasteiger partial charge on any atom is -0.243 e. The Labute approximate surface area is 71.8 Å². The summed E-state index contributed by atoms with van der Waals surface area (Å²) >= 11 is 2.90. The first-order valence-electron chi connectivity index (χ1n) is 2.88. The molecule has 0 aromatic carbocycles. The molecule has 0 atom stereocenters. The summed E-state index contributed by atoms with van der Waals surface area (Å²) in [5.74, 6) is -0.599. The molecule has 0 bridgehead atoms. The Morgan fingerprint density at radius 3 is 2.91 bits per heavy atom. The van der Waals surface area contributed by atoms with Crippen LogP contribution in [0.15, 0.2) is 10.7 Å². The summed E-state index contributed by atoms with van der Waals surface area (Å²) in [4.78, 5) is 3.77. The molecule has 4 heteroatoms. The van der Waals surface area contributed by atoms with Crippen molar-refractivity contribution in [3.63, 3.8) is 0 Å². The summed E-state index contributed by atoms with van der Waals surface area (Å²) in [5, 5.41) is 8.43. The Balaban J connectivity index is 3.39. The first-order chi connectivity index (χ1) is 5.15. The number of rotatable bonds is 0. The second-order valence-corrected chi connectivity index (χ2v) is 2.78. The summed E-state index contributed by atoms with van der Waals surface area (Å²) in [6.45, 7) is 1.70. The fraction of sp³-hybridized carbons (Fsp3) is 0.143. The average molecular weight is 215 g/mol. The molecule has 1 aromatic heterocycles. The van der Waals surface area contributed by atoms with Crippen molar-refractivity contribution in [1.82, 2.24) is 4.98 Å². The van der Waals surface area contributed by atoms with Gasteiger partial charge in [0.05, 0.1) is 5.56 Å². The van der Waals surface area contributed by atoms with Gasteiger partial charge in [-0.15, -0.1) is 0 Å². The van der Waals surface area contributed by atoms with Crippen LogP contribution in [0.5, 0.6) is 0 Å². The van der Waals surface area contributed by atoms with Crippen LogP contribution < -0.4 is 0 Å². The number of hydrogen-bond acceptors (Lipinski definition) is 2. The molecule has 0 spiro atoms. The smallest absolute Gasteiger partial charge is 0.173 e. The van der Waals surface area contributed by atoms with Crippen molar-refractivity contribution in [1.29, 1.82) is 5.26 Å². The molecule has 0 saturated carbocycles. The average Bonchev–Trinajstić information content (AvgIpc) is 1.96. The molecule has 0 saturated heterocycles. The third kappa shape index (κ3) is 1.55. The second-order valence-electron chi connectivity index (χ2n) is 2.03. The summed E-state index contributed by atoms with van der Waals surface area (Å²) in [6, 6.07) is 3.13. The van der Waals surface area contributed by atoms with Crippen LogP contribution in [0.25, 0.3) is 0 Å². The van der Waals surface area contributed by atoms with E-state index in [9.17, 15) is 4.39 Å². The molecule has 0 fully saturated rings. The molecule has 1 heterocycles. The van der Waals surface area contributed by atoms with Crippen LogP contribution in [0.1, 0.15) is 11.3 Å². The maximum atomic E-state index is 12.9. The number of aryl methyl sites for hydroxylation is 1. The van der Waals surface area contributed by atoms with Crippen LogP contribution in [0, 0.1) is 24.1 Å². The lowest BCUT2D eigenvalue weighted by atomic mass is 10.2. The van der Waals surface area contributed by atoms with E-state index in [1.54, 1.807) is 13.0 Å². The zero-order valence-electron chi connectivity index (χ0n) is 5.73. The molecule has 0 N–H and O–H groups in total. The van der Waals surface area contributed by atoms with Crippen molar-refractivity contribution < 1.29 is 4.39 Å². The summed E-state index contributed by atoms with van der Waals surface area (Å²) in [7, 11) is 0. The van der Waals surface area contributed by atoms with E-state index in [4.69, 9.17) is 5.26 Å². The fourth-order valence-electron chi connectivity index (χ4n) is 0.701. The third-order valence-corrected chi connectivity index (χ3v) is 1.69. The highest BCUT2D eigenvalue weighted by Crippen LogP contribution is 2.16. The van der Waals surface area contributed by atoms with E-state index < -0.39 is 5.82 Å². The number of nitrogens with zero attached hydrogens (tertiary/aromatic N) is 2. The van der Waals surface area contributed by atoms with Gasteiger partial charge in [-0.2, -0.15) is 5.26 Å². The number of aromatic nitrogens is 1. The van der Waals surface area contributed by atoms with Gasteiger partial charge in [-0.25, -0.2) is 9.37 Å². The first kappa shape index (κ1) is 8.15. The normalized spacial score (nSPS) is 9.27. The largest absolute Gasteiger partial charge is 0.243 e. The van der Waals surface area contributed by atoms with E-state index in [-0.39, 0.29) is 10.2 Å². The van der Waals surface area contributed by atoms with Crippen LogP contribution in [0.3, 0.4) is 0 Å². The zero-order chi connectivity index (χ0) is 8.43. The van der Waals surface area contributed by atoms with E-state index in [1.807, 2.05) is 0 Å². The molecule has 0 aliphatic rings. The SMILES string of the molecule is Cc1cc(C#N)c(F)c(Br)n1. The Hall–Kier alpha value is -0.950. The molecule has 0 amide bonds. The lowest BCUT2D eigenvalue weighted by Gasteiger charge is -1.97. The highest BCUT2D eigenvalue weighted by Gasteiger charge is 2.07. The Kier molecular flexibility index (Phi) is 2.20. The van der Waals surface area contributed by atoms with Gasteiger partial charge in [0.15, 0.2) is 5.82 Å². The van der Waals surface area contributed by atoms with Crippen molar-refractivity contribution in [2.45, 2.75) is 6.92 Å². The van der Waals surface area contributed by atoms with E-state index in [0.717, 1.165) is 0 Å². The number of hydrogen-bond donors (Lipinski definition) is 0. The summed E-state index contributed by atoms with van der Waals surface area (Å²) in [6.07, 6.45) is 0. The van der Waals surface area contributed by atoms with Crippen molar-refractivity contribution >= 4 is 15.9 Å². The Morgan fingerprint density at radius 1 is 1.73 bits per heavy atom. The van der Waals surface area contributed by atoms with Crippen molar-refractivity contribution in [2.75, 3.05) is 0 Å². The van der Waals surface area contributed by atoms with Gasteiger partial charge >= 0.3 is 0 Å². The summed E-state index contributed by atoms with van der Waals surface area (Å²) < 4.78 is 12.9. The molecule has 11 heavy (non-hydrogen) atoms. The Morgan fingerprint density at radius 2 is 2.36 bits per heavy atom. The van der Waals surface area contributed by atoms with Gasteiger partial charge in [0, 0.05) is 5.69 Å².